The van der Waals surface area contributed by atoms with E-state index in [1.54, 1.807) is 6.92 Å². The minimum absolute atomic E-state index is 0.483. The lowest BCUT2D eigenvalue weighted by Gasteiger charge is -2.09. The quantitative estimate of drug-likeness (QED) is 0.617. The number of hydrogen-bond acceptors (Lipinski definition) is 4. The van der Waals surface area contributed by atoms with Gasteiger partial charge in [0.25, 0.3) is 0 Å². The van der Waals surface area contributed by atoms with Crippen molar-refractivity contribution in [2.75, 3.05) is 0 Å². The number of aliphatic hydroxyl groups is 1. The highest BCUT2D eigenvalue weighted by atomic mass is 16.3. The maximum atomic E-state index is 9.22. The van der Waals surface area contributed by atoms with Gasteiger partial charge in [-0.25, -0.2) is 4.98 Å². The summed E-state index contributed by atoms with van der Waals surface area (Å²) in [6.45, 7) is 1.64. The van der Waals surface area contributed by atoms with Gasteiger partial charge in [-0.2, -0.15) is 5.10 Å². The Morgan fingerprint density at radius 3 is 2.85 bits per heavy atom. The molecule has 0 unspecified atom stereocenters. The van der Waals surface area contributed by atoms with Crippen molar-refractivity contribution in [3.63, 3.8) is 0 Å². The number of nitrogens with two attached hydrogens (primary N) is 1. The summed E-state index contributed by atoms with van der Waals surface area (Å²) >= 11 is 0. The Morgan fingerprint density at radius 2 is 2.31 bits per heavy atom. The second kappa shape index (κ2) is 3.08. The highest BCUT2D eigenvalue weighted by molar-refractivity contribution is 5.07. The Kier molecular flexibility index (Phi) is 2.05. The second-order valence-corrected chi connectivity index (χ2v) is 3.62. The number of H-pyrrole nitrogens is 1. The SMILES string of the molecule is C[C@@H](O)[C@H](N)c1n[nH]c(C2CC2)n1. The zero-order valence-corrected chi connectivity index (χ0v) is 7.57. The summed E-state index contributed by atoms with van der Waals surface area (Å²) < 4.78 is 0. The first-order valence-electron chi connectivity index (χ1n) is 4.54. The third-order valence-electron chi connectivity index (χ3n) is 2.30. The molecule has 1 aromatic heterocycles. The third-order valence-corrected chi connectivity index (χ3v) is 2.30. The van der Waals surface area contributed by atoms with Gasteiger partial charge in [0.05, 0.1) is 12.1 Å². The van der Waals surface area contributed by atoms with Crippen LogP contribution in [0.5, 0.6) is 0 Å². The van der Waals surface area contributed by atoms with Gasteiger partial charge >= 0.3 is 0 Å². The summed E-state index contributed by atoms with van der Waals surface area (Å²) in [6.07, 6.45) is 1.75. The molecule has 0 amide bonds. The molecule has 2 atom stereocenters. The van der Waals surface area contributed by atoms with Gasteiger partial charge in [0.1, 0.15) is 5.82 Å². The molecule has 13 heavy (non-hydrogen) atoms. The molecule has 72 valence electrons. The van der Waals surface area contributed by atoms with Crippen LogP contribution in [0.15, 0.2) is 0 Å². The largest absolute Gasteiger partial charge is 0.391 e. The van der Waals surface area contributed by atoms with Crippen LogP contribution in [0.2, 0.25) is 0 Å². The van der Waals surface area contributed by atoms with Crippen LogP contribution in [-0.2, 0) is 0 Å². The first-order chi connectivity index (χ1) is 6.18. The number of nitrogens with one attached hydrogen (secondary N) is 1. The molecule has 0 bridgehead atoms. The van der Waals surface area contributed by atoms with Crippen LogP contribution in [0.4, 0.5) is 0 Å². The van der Waals surface area contributed by atoms with Crippen molar-refractivity contribution in [2.24, 2.45) is 5.73 Å². The molecule has 0 spiro atoms. The van der Waals surface area contributed by atoms with Crippen LogP contribution in [-0.4, -0.2) is 26.4 Å². The van der Waals surface area contributed by atoms with Crippen LogP contribution >= 0.6 is 0 Å². The van der Waals surface area contributed by atoms with Gasteiger partial charge in [0.15, 0.2) is 5.82 Å². The fourth-order valence-electron chi connectivity index (χ4n) is 1.19. The van der Waals surface area contributed by atoms with Crippen LogP contribution in [0, 0.1) is 0 Å². The first kappa shape index (κ1) is 8.65. The molecule has 0 saturated heterocycles. The summed E-state index contributed by atoms with van der Waals surface area (Å²) in [6, 6.07) is -0.483. The molecule has 0 aromatic carbocycles. The molecule has 1 fully saturated rings. The maximum Gasteiger partial charge on any atom is 0.169 e. The maximum absolute atomic E-state index is 9.22. The van der Waals surface area contributed by atoms with Gasteiger partial charge in [-0.05, 0) is 19.8 Å². The Morgan fingerprint density at radius 1 is 1.62 bits per heavy atom. The number of aliphatic hydroxyl groups excluding tert-OH is 1. The normalized spacial score (nSPS) is 21.5. The van der Waals surface area contributed by atoms with Crippen LogP contribution in [0.1, 0.15) is 43.4 Å². The van der Waals surface area contributed by atoms with Crippen LogP contribution < -0.4 is 5.73 Å². The predicted molar refractivity (Wildman–Crippen MR) is 47.0 cm³/mol. The minimum Gasteiger partial charge on any atom is -0.391 e. The Labute approximate surface area is 76.4 Å². The van der Waals surface area contributed by atoms with E-state index < -0.39 is 12.1 Å². The molecule has 1 aliphatic carbocycles. The summed E-state index contributed by atoms with van der Waals surface area (Å²) in [7, 11) is 0. The first-order valence-corrected chi connectivity index (χ1v) is 4.54. The van der Waals surface area contributed by atoms with E-state index >= 15 is 0 Å². The van der Waals surface area contributed by atoms with E-state index in [2.05, 4.69) is 15.2 Å². The van der Waals surface area contributed by atoms with Gasteiger partial charge in [-0.1, -0.05) is 0 Å². The summed E-state index contributed by atoms with van der Waals surface area (Å²) in [5, 5.41) is 16.0. The Hall–Kier alpha value is -0.940. The lowest BCUT2D eigenvalue weighted by molar-refractivity contribution is 0.160. The van der Waals surface area contributed by atoms with Crippen LogP contribution in [0.25, 0.3) is 0 Å². The predicted octanol–water partition coefficient (Wildman–Crippen LogP) is 0.0627. The molecule has 1 aromatic rings. The van der Waals surface area contributed by atoms with E-state index in [0.29, 0.717) is 11.7 Å². The molecule has 2 rings (SSSR count). The van der Waals surface area contributed by atoms with Crippen molar-refractivity contribution in [1.29, 1.82) is 0 Å². The summed E-state index contributed by atoms with van der Waals surface area (Å²) in [5.74, 6) is 1.96. The molecule has 1 saturated carbocycles. The van der Waals surface area contributed by atoms with E-state index in [-0.39, 0.29) is 0 Å². The molecule has 5 heteroatoms. The van der Waals surface area contributed by atoms with Gasteiger partial charge in [0.2, 0.25) is 0 Å². The number of rotatable bonds is 3. The van der Waals surface area contributed by atoms with Gasteiger partial charge in [-0.15, -0.1) is 0 Å². The fourth-order valence-corrected chi connectivity index (χ4v) is 1.19. The third kappa shape index (κ3) is 1.71. The smallest absolute Gasteiger partial charge is 0.169 e. The van der Waals surface area contributed by atoms with Crippen LogP contribution in [0.3, 0.4) is 0 Å². The highest BCUT2D eigenvalue weighted by Crippen LogP contribution is 2.37. The lowest BCUT2D eigenvalue weighted by Crippen LogP contribution is -2.24. The number of hydrogen-bond donors (Lipinski definition) is 3. The molecular weight excluding hydrogens is 168 g/mol. The second-order valence-electron chi connectivity index (χ2n) is 3.62. The summed E-state index contributed by atoms with van der Waals surface area (Å²) in [4.78, 5) is 4.24. The van der Waals surface area contributed by atoms with E-state index in [1.165, 1.54) is 12.8 Å². The molecule has 1 heterocycles. The average molecular weight is 182 g/mol. The van der Waals surface area contributed by atoms with E-state index in [1.807, 2.05) is 0 Å². The molecular formula is C8H14N4O. The number of aromatic nitrogens is 3. The van der Waals surface area contributed by atoms with Gasteiger partial charge < -0.3 is 10.8 Å². The number of aromatic amines is 1. The molecule has 0 aliphatic heterocycles. The monoisotopic (exact) mass is 182 g/mol. The van der Waals surface area contributed by atoms with Crippen molar-refractivity contribution in [1.82, 2.24) is 15.2 Å². The molecule has 1 aliphatic rings. The van der Waals surface area contributed by atoms with Crippen molar-refractivity contribution >= 4 is 0 Å². The standard InChI is InChI=1S/C8H14N4O/c1-4(13)6(9)8-10-7(11-12-8)5-2-3-5/h4-6,13H,2-3,9H2,1H3,(H,10,11,12)/t4-,6+/m1/s1. The van der Waals surface area contributed by atoms with E-state index in [9.17, 15) is 5.11 Å². The highest BCUT2D eigenvalue weighted by Gasteiger charge is 2.28. The topological polar surface area (TPSA) is 87.8 Å². The number of nitrogens with zero attached hydrogens (tertiary/aromatic N) is 2. The summed E-state index contributed by atoms with van der Waals surface area (Å²) in [5.41, 5.74) is 5.68. The fraction of sp³-hybridized carbons (Fsp3) is 0.750. The van der Waals surface area contributed by atoms with Crippen molar-refractivity contribution in [2.45, 2.75) is 37.8 Å². The van der Waals surface area contributed by atoms with E-state index in [0.717, 1.165) is 5.82 Å². The van der Waals surface area contributed by atoms with E-state index in [4.69, 9.17) is 5.73 Å². The molecule has 5 nitrogen and oxygen atoms in total. The van der Waals surface area contributed by atoms with Gasteiger partial charge in [-0.3, -0.25) is 5.10 Å². The molecule has 4 N–H and O–H groups in total. The van der Waals surface area contributed by atoms with Gasteiger partial charge in [0, 0.05) is 5.92 Å². The van der Waals surface area contributed by atoms with Crippen molar-refractivity contribution < 1.29 is 5.11 Å². The average Bonchev–Trinajstić information content (AvgIpc) is 2.83. The van der Waals surface area contributed by atoms with Crippen molar-refractivity contribution in [3.8, 4) is 0 Å². The lowest BCUT2D eigenvalue weighted by atomic mass is 10.2. The minimum atomic E-state index is -0.608. The Bertz CT molecular complexity index is 292. The Balaban J connectivity index is 2.11. The van der Waals surface area contributed by atoms with Crippen molar-refractivity contribution in [3.05, 3.63) is 11.6 Å². The molecule has 0 radical (unpaired) electrons. The zero-order valence-electron chi connectivity index (χ0n) is 7.57. The zero-order chi connectivity index (χ0) is 9.42.